The summed E-state index contributed by atoms with van der Waals surface area (Å²) >= 11 is 0. The summed E-state index contributed by atoms with van der Waals surface area (Å²) in [5.41, 5.74) is 14.5. The summed E-state index contributed by atoms with van der Waals surface area (Å²) in [6.07, 6.45) is 2.65. The average Bonchev–Trinajstić information content (AvgIpc) is 3.35. The maximum absolute atomic E-state index is 12.8. The lowest BCUT2D eigenvalue weighted by Gasteiger charge is -2.08. The van der Waals surface area contributed by atoms with Gasteiger partial charge in [-0.05, 0) is 48.9 Å². The van der Waals surface area contributed by atoms with Crippen molar-refractivity contribution in [3.05, 3.63) is 76.8 Å². The maximum atomic E-state index is 12.8. The Labute approximate surface area is 226 Å². The van der Waals surface area contributed by atoms with Crippen LogP contribution < -0.4 is 27.2 Å². The number of aromatic nitrogens is 3. The summed E-state index contributed by atoms with van der Waals surface area (Å²) in [5.74, 6) is 0.845. The highest BCUT2D eigenvalue weighted by Crippen LogP contribution is 2.26. The van der Waals surface area contributed by atoms with Gasteiger partial charge in [-0.3, -0.25) is 9.56 Å². The molecule has 0 aliphatic heterocycles. The molecule has 11 nitrogen and oxygen atoms in total. The molecule has 0 aliphatic rings. The number of rotatable bonds is 15. The summed E-state index contributed by atoms with van der Waals surface area (Å²) in [6, 6.07) is 17.5. The van der Waals surface area contributed by atoms with Crippen molar-refractivity contribution < 1.29 is 14.2 Å². The molecule has 4 aromatic rings. The fourth-order valence-electron chi connectivity index (χ4n) is 3.97. The molecule has 4 rings (SSSR count). The number of aromatic amines is 1. The Morgan fingerprint density at radius 1 is 1.08 bits per heavy atom. The van der Waals surface area contributed by atoms with E-state index in [9.17, 15) is 4.79 Å². The van der Waals surface area contributed by atoms with Crippen molar-refractivity contribution in [1.82, 2.24) is 19.9 Å². The van der Waals surface area contributed by atoms with Crippen LogP contribution in [0.5, 0.6) is 5.75 Å². The van der Waals surface area contributed by atoms with Gasteiger partial charge >= 0.3 is 5.69 Å². The summed E-state index contributed by atoms with van der Waals surface area (Å²) in [5, 5.41) is 4.19. The number of methoxy groups -OCH3 is 1. The minimum absolute atomic E-state index is 0.111. The fraction of sp³-hybridized carbons (Fsp3) is 0.321. The first-order valence-corrected chi connectivity index (χ1v) is 12.8. The van der Waals surface area contributed by atoms with E-state index >= 15 is 0 Å². The molecule has 0 spiro atoms. The molecule has 2 aromatic carbocycles. The summed E-state index contributed by atoms with van der Waals surface area (Å²) < 4.78 is 17.8. The number of ether oxygens (including phenoxy) is 3. The molecule has 0 amide bonds. The lowest BCUT2D eigenvalue weighted by atomic mass is 10.1. The predicted molar refractivity (Wildman–Crippen MR) is 152 cm³/mol. The zero-order valence-corrected chi connectivity index (χ0v) is 22.1. The monoisotopic (exact) mass is 533 g/mol. The van der Waals surface area contributed by atoms with Crippen LogP contribution in [0.3, 0.4) is 0 Å². The van der Waals surface area contributed by atoms with Gasteiger partial charge in [0.25, 0.3) is 0 Å². The number of aliphatic imine (C=N–C) groups is 1. The van der Waals surface area contributed by atoms with Crippen LogP contribution >= 0.6 is 0 Å². The molecule has 2 heterocycles. The second-order valence-corrected chi connectivity index (χ2v) is 8.87. The topological polar surface area (TPSA) is 155 Å². The number of benzene rings is 2. The fourth-order valence-corrected chi connectivity index (χ4v) is 3.97. The maximum Gasteiger partial charge on any atom is 0.354 e. The van der Waals surface area contributed by atoms with Crippen LogP contribution in [-0.4, -0.2) is 67.1 Å². The van der Waals surface area contributed by atoms with Crippen LogP contribution in [0.4, 0.5) is 0 Å². The van der Waals surface area contributed by atoms with Gasteiger partial charge in [0, 0.05) is 43.0 Å². The van der Waals surface area contributed by atoms with Crippen LogP contribution in [0.1, 0.15) is 12.0 Å². The Bertz CT molecular complexity index is 1430. The van der Waals surface area contributed by atoms with E-state index in [0.717, 1.165) is 46.6 Å². The van der Waals surface area contributed by atoms with Crippen LogP contribution in [0.15, 0.2) is 70.6 Å². The van der Waals surface area contributed by atoms with Crippen molar-refractivity contribution in [1.29, 1.82) is 0 Å². The van der Waals surface area contributed by atoms with E-state index < -0.39 is 0 Å². The zero-order chi connectivity index (χ0) is 27.5. The minimum atomic E-state index is -0.355. The highest BCUT2D eigenvalue weighted by molar-refractivity contribution is 5.82. The predicted octanol–water partition coefficient (Wildman–Crippen LogP) is 2.18. The van der Waals surface area contributed by atoms with Crippen molar-refractivity contribution >= 4 is 17.0 Å². The highest BCUT2D eigenvalue weighted by Gasteiger charge is 2.10. The molecular weight excluding hydrogens is 498 g/mol. The van der Waals surface area contributed by atoms with E-state index in [1.54, 1.807) is 17.9 Å². The van der Waals surface area contributed by atoms with E-state index in [2.05, 4.69) is 20.3 Å². The Balaban J connectivity index is 1.39. The van der Waals surface area contributed by atoms with Gasteiger partial charge in [-0.2, -0.15) is 4.98 Å². The van der Waals surface area contributed by atoms with Gasteiger partial charge in [0.2, 0.25) is 0 Å². The quantitative estimate of drug-likeness (QED) is 0.103. The van der Waals surface area contributed by atoms with Gasteiger partial charge in [0.05, 0.1) is 25.5 Å². The molecule has 6 N–H and O–H groups in total. The smallest absolute Gasteiger partial charge is 0.354 e. The number of guanidine groups is 1. The second-order valence-electron chi connectivity index (χ2n) is 8.87. The van der Waals surface area contributed by atoms with Gasteiger partial charge in [0.15, 0.2) is 5.96 Å². The molecule has 0 radical (unpaired) electrons. The van der Waals surface area contributed by atoms with Crippen molar-refractivity contribution in [3.8, 4) is 22.7 Å². The first-order valence-electron chi connectivity index (χ1n) is 12.8. The first-order chi connectivity index (χ1) is 19.0. The van der Waals surface area contributed by atoms with Gasteiger partial charge in [-0.15, -0.1) is 0 Å². The Morgan fingerprint density at radius 2 is 1.90 bits per heavy atom. The van der Waals surface area contributed by atoms with Crippen molar-refractivity contribution in [2.45, 2.75) is 13.0 Å². The molecule has 39 heavy (non-hydrogen) atoms. The Kier molecular flexibility index (Phi) is 10.1. The van der Waals surface area contributed by atoms with Crippen LogP contribution in [0, 0.1) is 0 Å². The second kappa shape index (κ2) is 14.1. The number of H-pyrrole nitrogens is 1. The normalized spacial score (nSPS) is 11.1. The molecule has 0 saturated carbocycles. The van der Waals surface area contributed by atoms with E-state index in [1.165, 1.54) is 0 Å². The number of hydrogen-bond acceptors (Lipinski definition) is 7. The molecule has 0 aliphatic carbocycles. The van der Waals surface area contributed by atoms with E-state index in [-0.39, 0.29) is 11.6 Å². The lowest BCUT2D eigenvalue weighted by molar-refractivity contribution is 0.0544. The molecule has 0 bridgehead atoms. The molecular formula is C28H35N7O4. The van der Waals surface area contributed by atoms with E-state index in [0.29, 0.717) is 45.2 Å². The molecule has 0 atom stereocenters. The summed E-state index contributed by atoms with van der Waals surface area (Å²) in [6.45, 7) is 4.11. The van der Waals surface area contributed by atoms with Crippen molar-refractivity contribution in [3.63, 3.8) is 0 Å². The first kappa shape index (κ1) is 27.8. The minimum Gasteiger partial charge on any atom is -0.491 e. The third kappa shape index (κ3) is 8.14. The van der Waals surface area contributed by atoms with Gasteiger partial charge in [-0.25, -0.2) is 4.79 Å². The van der Waals surface area contributed by atoms with Gasteiger partial charge < -0.3 is 36.0 Å². The average molecular weight is 534 g/mol. The summed E-state index contributed by atoms with van der Waals surface area (Å²) in [4.78, 5) is 24.3. The zero-order valence-electron chi connectivity index (χ0n) is 22.1. The van der Waals surface area contributed by atoms with Crippen LogP contribution in [-0.2, 0) is 16.0 Å². The van der Waals surface area contributed by atoms with Crippen molar-refractivity contribution in [2.75, 3.05) is 46.6 Å². The third-order valence-electron chi connectivity index (χ3n) is 5.93. The Hall–Kier alpha value is -4.19. The Morgan fingerprint density at radius 3 is 2.69 bits per heavy atom. The molecule has 206 valence electrons. The number of nitrogens with one attached hydrogen (secondary N) is 2. The molecule has 0 unspecified atom stereocenters. The van der Waals surface area contributed by atoms with E-state index in [4.69, 9.17) is 25.7 Å². The number of nitrogens with two attached hydrogens (primary N) is 2. The molecule has 0 saturated heterocycles. The third-order valence-corrected chi connectivity index (χ3v) is 5.93. The summed E-state index contributed by atoms with van der Waals surface area (Å²) in [7, 11) is 1.64. The van der Waals surface area contributed by atoms with Crippen LogP contribution in [0.2, 0.25) is 0 Å². The van der Waals surface area contributed by atoms with E-state index in [1.807, 2.05) is 54.6 Å². The largest absolute Gasteiger partial charge is 0.491 e. The molecule has 11 heteroatoms. The highest BCUT2D eigenvalue weighted by atomic mass is 16.5. The lowest BCUT2D eigenvalue weighted by Crippen LogP contribution is -2.23. The van der Waals surface area contributed by atoms with Crippen molar-refractivity contribution in [2.24, 2.45) is 16.5 Å². The number of fused-ring (bicyclic) bond motifs is 1. The van der Waals surface area contributed by atoms with Gasteiger partial charge in [0.1, 0.15) is 18.0 Å². The SMILES string of the molecule is COCCOCCOc1cccc(-c2cc3cn(-c4ccc(CNCCCN=C(N)N)cc4)c(=O)nc3[nH]2)c1. The standard InChI is InChI=1S/C28H35N7O4/c1-37-12-13-38-14-15-39-24-5-2-4-21(16-24)25-17-22-19-35(28(36)34-26(22)33-25)23-8-6-20(7-9-23)18-31-10-3-11-32-27(29)30/h2,4-9,16-17,19,31H,3,10-15,18H2,1H3,(H4,29,30,32)(H,33,34,36). The number of nitrogens with zero attached hydrogens (tertiary/aromatic N) is 3. The van der Waals surface area contributed by atoms with Crippen LogP contribution in [0.25, 0.3) is 28.0 Å². The molecule has 2 aromatic heterocycles. The molecule has 0 fully saturated rings. The van der Waals surface area contributed by atoms with Gasteiger partial charge in [-0.1, -0.05) is 24.3 Å². The number of hydrogen-bond donors (Lipinski definition) is 4.